The van der Waals surface area contributed by atoms with Gasteiger partial charge in [0.15, 0.2) is 5.69 Å². The van der Waals surface area contributed by atoms with E-state index in [1.165, 1.54) is 7.11 Å². The number of imidazole rings is 1. The third-order valence-corrected chi connectivity index (χ3v) is 2.50. The van der Waals surface area contributed by atoms with E-state index in [4.69, 9.17) is 10.5 Å². The number of unbranched alkanes of at least 4 members (excludes halogenated alkanes) is 2. The van der Waals surface area contributed by atoms with E-state index in [0.29, 0.717) is 5.82 Å². The fraction of sp³-hybridized carbons (Fsp3) is 0.636. The fourth-order valence-corrected chi connectivity index (χ4v) is 1.53. The number of aryl methyl sites for hydroxylation is 1. The predicted molar refractivity (Wildman–Crippen MR) is 63.7 cm³/mol. The Morgan fingerprint density at radius 3 is 2.82 bits per heavy atom. The summed E-state index contributed by atoms with van der Waals surface area (Å²) in [6.45, 7) is 1.52. The maximum absolute atomic E-state index is 11.3. The van der Waals surface area contributed by atoms with Gasteiger partial charge in [-0.25, -0.2) is 9.78 Å². The third kappa shape index (κ3) is 3.74. The van der Waals surface area contributed by atoms with Crippen LogP contribution in [0.25, 0.3) is 0 Å². The summed E-state index contributed by atoms with van der Waals surface area (Å²) in [5, 5.41) is 0. The first kappa shape index (κ1) is 13.5. The molecule has 0 atom stereocenters. The molecule has 0 aliphatic rings. The van der Waals surface area contributed by atoms with Crippen molar-refractivity contribution >= 4 is 11.8 Å². The maximum Gasteiger partial charge on any atom is 0.360 e. The lowest BCUT2D eigenvalue weighted by atomic mass is 10.2. The molecule has 0 aliphatic carbocycles. The topological polar surface area (TPSA) is 79.4 Å². The minimum atomic E-state index is -0.499. The van der Waals surface area contributed by atoms with Crippen molar-refractivity contribution in [3.63, 3.8) is 0 Å². The van der Waals surface area contributed by atoms with Crippen LogP contribution in [0.2, 0.25) is 0 Å². The van der Waals surface area contributed by atoms with Gasteiger partial charge in [-0.2, -0.15) is 0 Å². The number of nitrogens with two attached hydrogens (primary N) is 1. The van der Waals surface area contributed by atoms with Crippen molar-refractivity contribution in [1.29, 1.82) is 0 Å². The first-order valence-corrected chi connectivity index (χ1v) is 5.58. The van der Waals surface area contributed by atoms with Crippen LogP contribution in [0.5, 0.6) is 0 Å². The molecule has 1 rings (SSSR count). The van der Waals surface area contributed by atoms with Gasteiger partial charge >= 0.3 is 5.97 Å². The molecule has 1 aromatic rings. The Bertz CT molecular complexity index is 363. The zero-order valence-corrected chi connectivity index (χ0v) is 10.3. The Labute approximate surface area is 101 Å². The lowest BCUT2D eigenvalue weighted by Gasteiger charge is -2.05. The van der Waals surface area contributed by atoms with Crippen LogP contribution in [0.4, 0.5) is 5.82 Å². The molecule has 1 aromatic heterocycles. The van der Waals surface area contributed by atoms with Gasteiger partial charge in [-0.3, -0.25) is 0 Å². The highest BCUT2D eigenvalue weighted by Gasteiger charge is 2.15. The number of hydrogen-bond acceptors (Lipinski definition) is 5. The maximum atomic E-state index is 11.3. The molecule has 0 saturated carbocycles. The largest absolute Gasteiger partial charge is 0.464 e. The first-order chi connectivity index (χ1) is 8.20. The number of ether oxygens (including phenoxy) is 2. The van der Waals surface area contributed by atoms with Crippen molar-refractivity contribution in [2.24, 2.45) is 0 Å². The summed E-state index contributed by atoms with van der Waals surface area (Å²) in [7, 11) is 3.00. The minimum Gasteiger partial charge on any atom is -0.464 e. The van der Waals surface area contributed by atoms with Crippen LogP contribution in [0, 0.1) is 0 Å². The van der Waals surface area contributed by atoms with Gasteiger partial charge in [0.1, 0.15) is 5.82 Å². The molecular formula is C11H19N3O3. The SMILES string of the molecule is COCCCCCn1cnc(C(=O)OC)c1N. The van der Waals surface area contributed by atoms with Crippen LogP contribution in [0.1, 0.15) is 29.8 Å². The smallest absolute Gasteiger partial charge is 0.360 e. The molecule has 0 aromatic carbocycles. The van der Waals surface area contributed by atoms with Gasteiger partial charge in [-0.1, -0.05) is 0 Å². The number of hydrogen-bond donors (Lipinski definition) is 1. The quantitative estimate of drug-likeness (QED) is 0.570. The number of esters is 1. The Balaban J connectivity index is 2.44. The van der Waals surface area contributed by atoms with Crippen LogP contribution < -0.4 is 5.73 Å². The van der Waals surface area contributed by atoms with E-state index in [1.54, 1.807) is 18.0 Å². The van der Waals surface area contributed by atoms with E-state index in [2.05, 4.69) is 9.72 Å². The standard InChI is InChI=1S/C11H19N3O3/c1-16-7-5-3-4-6-14-8-13-9(10(14)12)11(15)17-2/h8H,3-7,12H2,1-2H3. The highest BCUT2D eigenvalue weighted by Crippen LogP contribution is 2.12. The minimum absolute atomic E-state index is 0.185. The number of carbonyl (C=O) groups is 1. The van der Waals surface area contributed by atoms with E-state index < -0.39 is 5.97 Å². The fourth-order valence-electron chi connectivity index (χ4n) is 1.53. The summed E-state index contributed by atoms with van der Waals surface area (Å²) < 4.78 is 11.3. The second-order valence-electron chi connectivity index (χ2n) is 3.72. The van der Waals surface area contributed by atoms with Gasteiger partial charge in [-0.15, -0.1) is 0 Å². The summed E-state index contributed by atoms with van der Waals surface area (Å²) in [5.74, 6) is -0.135. The summed E-state index contributed by atoms with van der Waals surface area (Å²) in [4.78, 5) is 15.2. The highest BCUT2D eigenvalue weighted by atomic mass is 16.5. The van der Waals surface area contributed by atoms with Gasteiger partial charge in [0.2, 0.25) is 0 Å². The molecule has 0 aliphatic heterocycles. The van der Waals surface area contributed by atoms with E-state index in [1.807, 2.05) is 0 Å². The summed E-state index contributed by atoms with van der Waals surface area (Å²) in [6.07, 6.45) is 4.62. The summed E-state index contributed by atoms with van der Waals surface area (Å²) in [5.41, 5.74) is 5.98. The lowest BCUT2D eigenvalue weighted by Crippen LogP contribution is -2.08. The van der Waals surface area contributed by atoms with Crippen LogP contribution in [0.3, 0.4) is 0 Å². The summed E-state index contributed by atoms with van der Waals surface area (Å²) in [6, 6.07) is 0. The number of methoxy groups -OCH3 is 2. The van der Waals surface area contributed by atoms with Crippen LogP contribution in [-0.4, -0.2) is 36.3 Å². The van der Waals surface area contributed by atoms with Gasteiger partial charge in [0.05, 0.1) is 13.4 Å². The molecule has 0 bridgehead atoms. The monoisotopic (exact) mass is 241 g/mol. The molecule has 0 saturated heterocycles. The van der Waals surface area contributed by atoms with Crippen molar-refractivity contribution in [2.45, 2.75) is 25.8 Å². The molecule has 0 radical (unpaired) electrons. The molecule has 96 valence electrons. The van der Waals surface area contributed by atoms with Gasteiger partial charge in [-0.05, 0) is 19.3 Å². The number of nitrogens with zero attached hydrogens (tertiary/aromatic N) is 2. The second kappa shape index (κ2) is 6.90. The van der Waals surface area contributed by atoms with Gasteiger partial charge < -0.3 is 19.8 Å². The average molecular weight is 241 g/mol. The molecule has 2 N–H and O–H groups in total. The van der Waals surface area contributed by atoms with Crippen molar-refractivity contribution < 1.29 is 14.3 Å². The van der Waals surface area contributed by atoms with Crippen molar-refractivity contribution in [2.75, 3.05) is 26.6 Å². The number of carbonyl (C=O) groups excluding carboxylic acids is 1. The molecule has 17 heavy (non-hydrogen) atoms. The average Bonchev–Trinajstić information content (AvgIpc) is 2.70. The van der Waals surface area contributed by atoms with E-state index in [0.717, 1.165) is 32.4 Å². The lowest BCUT2D eigenvalue weighted by molar-refractivity contribution is 0.0596. The van der Waals surface area contributed by atoms with Crippen molar-refractivity contribution in [3.05, 3.63) is 12.0 Å². The van der Waals surface area contributed by atoms with Crippen LogP contribution >= 0.6 is 0 Å². The molecule has 1 heterocycles. The zero-order chi connectivity index (χ0) is 12.7. The predicted octanol–water partition coefficient (Wildman–Crippen LogP) is 1.07. The van der Waals surface area contributed by atoms with Crippen LogP contribution in [-0.2, 0) is 16.0 Å². The number of aromatic nitrogens is 2. The Morgan fingerprint density at radius 2 is 2.18 bits per heavy atom. The summed E-state index contributed by atoms with van der Waals surface area (Å²) >= 11 is 0. The molecule has 6 nitrogen and oxygen atoms in total. The Kier molecular flexibility index (Phi) is 5.48. The van der Waals surface area contributed by atoms with Crippen molar-refractivity contribution in [3.8, 4) is 0 Å². The highest BCUT2D eigenvalue weighted by molar-refractivity contribution is 5.91. The molecule has 6 heteroatoms. The van der Waals surface area contributed by atoms with E-state index >= 15 is 0 Å². The molecule has 0 amide bonds. The van der Waals surface area contributed by atoms with E-state index in [9.17, 15) is 4.79 Å². The zero-order valence-electron chi connectivity index (χ0n) is 10.3. The van der Waals surface area contributed by atoms with E-state index in [-0.39, 0.29) is 5.69 Å². The van der Waals surface area contributed by atoms with Gasteiger partial charge in [0, 0.05) is 20.3 Å². The molecule has 0 spiro atoms. The Morgan fingerprint density at radius 1 is 1.41 bits per heavy atom. The third-order valence-electron chi connectivity index (χ3n) is 2.50. The molecule has 0 fully saturated rings. The number of rotatable bonds is 7. The molecular weight excluding hydrogens is 222 g/mol. The number of anilines is 1. The first-order valence-electron chi connectivity index (χ1n) is 5.58. The normalized spacial score (nSPS) is 10.5. The Hall–Kier alpha value is -1.56. The number of nitrogen functional groups attached to an aromatic ring is 1. The second-order valence-corrected chi connectivity index (χ2v) is 3.72. The van der Waals surface area contributed by atoms with Crippen LogP contribution in [0.15, 0.2) is 6.33 Å². The molecule has 0 unspecified atom stereocenters. The van der Waals surface area contributed by atoms with Crippen molar-refractivity contribution in [1.82, 2.24) is 9.55 Å². The van der Waals surface area contributed by atoms with Gasteiger partial charge in [0.25, 0.3) is 0 Å².